The molecule has 1 heterocycles. The van der Waals surface area contributed by atoms with Gasteiger partial charge in [-0.3, -0.25) is 14.3 Å². The minimum absolute atomic E-state index is 0.134. The molecule has 0 saturated heterocycles. The van der Waals surface area contributed by atoms with E-state index >= 15 is 0 Å². The summed E-state index contributed by atoms with van der Waals surface area (Å²) in [5, 5.41) is 10.1. The first-order valence-electron chi connectivity index (χ1n) is 5.68. The van der Waals surface area contributed by atoms with Crippen molar-refractivity contribution >= 4 is 0 Å². The van der Waals surface area contributed by atoms with Gasteiger partial charge in [0.15, 0.2) is 0 Å². The van der Waals surface area contributed by atoms with E-state index in [0.717, 1.165) is 10.1 Å². The molecular weight excluding hydrogens is 232 g/mol. The second-order valence-corrected chi connectivity index (χ2v) is 4.02. The van der Waals surface area contributed by atoms with Crippen LogP contribution in [-0.4, -0.2) is 14.7 Å². The van der Waals surface area contributed by atoms with E-state index in [1.807, 2.05) is 19.1 Å². The Morgan fingerprint density at radius 1 is 1.28 bits per heavy atom. The molecule has 2 N–H and O–H groups in total. The van der Waals surface area contributed by atoms with E-state index < -0.39 is 11.2 Å². The summed E-state index contributed by atoms with van der Waals surface area (Å²) in [7, 11) is 0. The van der Waals surface area contributed by atoms with Crippen LogP contribution >= 0.6 is 0 Å². The van der Waals surface area contributed by atoms with Gasteiger partial charge in [-0.05, 0) is 25.0 Å². The molecule has 0 aliphatic carbocycles. The van der Waals surface area contributed by atoms with Gasteiger partial charge in [-0.25, -0.2) is 4.79 Å². The van der Waals surface area contributed by atoms with Gasteiger partial charge in [0.2, 0.25) is 5.88 Å². The van der Waals surface area contributed by atoms with Crippen molar-refractivity contribution in [2.75, 3.05) is 0 Å². The highest BCUT2D eigenvalue weighted by Gasteiger charge is 2.16. The lowest BCUT2D eigenvalue weighted by Gasteiger charge is -2.11. The molecule has 0 aliphatic heterocycles. The summed E-state index contributed by atoms with van der Waals surface area (Å²) >= 11 is 0. The fraction of sp³-hybridized carbons (Fsp3) is 0.231. The highest BCUT2D eigenvalue weighted by atomic mass is 16.3. The maximum Gasteiger partial charge on any atom is 0.331 e. The van der Waals surface area contributed by atoms with Gasteiger partial charge in [-0.1, -0.05) is 24.3 Å². The minimum Gasteiger partial charge on any atom is -0.494 e. The van der Waals surface area contributed by atoms with Gasteiger partial charge >= 0.3 is 5.69 Å². The zero-order valence-corrected chi connectivity index (χ0v) is 10.2. The molecule has 94 valence electrons. The minimum atomic E-state index is -0.600. The maximum absolute atomic E-state index is 11.9. The van der Waals surface area contributed by atoms with Crippen molar-refractivity contribution in [3.63, 3.8) is 0 Å². The van der Waals surface area contributed by atoms with Crippen LogP contribution in [0.2, 0.25) is 0 Å². The molecule has 18 heavy (non-hydrogen) atoms. The Labute approximate surface area is 103 Å². The molecule has 2 rings (SSSR count). The van der Waals surface area contributed by atoms with Gasteiger partial charge in [0.1, 0.15) is 5.56 Å². The van der Waals surface area contributed by atoms with Crippen LogP contribution in [-0.2, 0) is 6.54 Å². The number of aryl methyl sites for hydroxylation is 1. The first-order chi connectivity index (χ1) is 8.56. The molecule has 0 unspecified atom stereocenters. The molecule has 0 bridgehead atoms. The lowest BCUT2D eigenvalue weighted by molar-refractivity contribution is 0.408. The van der Waals surface area contributed by atoms with E-state index in [2.05, 4.69) is 4.98 Å². The summed E-state index contributed by atoms with van der Waals surface area (Å²) in [6.07, 6.45) is 0. The van der Waals surface area contributed by atoms with Crippen LogP contribution in [0.5, 0.6) is 5.88 Å². The summed E-state index contributed by atoms with van der Waals surface area (Å²) in [6, 6.07) is 7.21. The van der Waals surface area contributed by atoms with E-state index in [1.165, 1.54) is 0 Å². The molecule has 1 aromatic heterocycles. The van der Waals surface area contributed by atoms with Gasteiger partial charge in [-0.15, -0.1) is 0 Å². The Balaban J connectivity index is 2.85. The number of benzene rings is 1. The van der Waals surface area contributed by atoms with Crippen molar-refractivity contribution in [3.05, 3.63) is 50.7 Å². The van der Waals surface area contributed by atoms with Gasteiger partial charge in [0.05, 0.1) is 0 Å². The summed E-state index contributed by atoms with van der Waals surface area (Å²) < 4.78 is 1.13. The average Bonchev–Trinajstić information content (AvgIpc) is 2.31. The topological polar surface area (TPSA) is 75.1 Å². The van der Waals surface area contributed by atoms with Crippen molar-refractivity contribution in [2.24, 2.45) is 0 Å². The number of rotatable bonds is 2. The van der Waals surface area contributed by atoms with Crippen LogP contribution in [0.4, 0.5) is 0 Å². The number of hydrogen-bond donors (Lipinski definition) is 2. The van der Waals surface area contributed by atoms with E-state index in [-0.39, 0.29) is 11.4 Å². The quantitative estimate of drug-likeness (QED) is 0.837. The van der Waals surface area contributed by atoms with Crippen molar-refractivity contribution < 1.29 is 5.11 Å². The molecule has 0 fully saturated rings. The summed E-state index contributed by atoms with van der Waals surface area (Å²) in [5.74, 6) is -0.291. The molecule has 0 atom stereocenters. The zero-order valence-electron chi connectivity index (χ0n) is 10.2. The van der Waals surface area contributed by atoms with Gasteiger partial charge in [0, 0.05) is 6.54 Å². The summed E-state index contributed by atoms with van der Waals surface area (Å²) in [6.45, 7) is 3.86. The second kappa shape index (κ2) is 4.52. The normalized spacial score (nSPS) is 10.6. The third-order valence-electron chi connectivity index (χ3n) is 2.90. The first-order valence-corrected chi connectivity index (χ1v) is 5.68. The van der Waals surface area contributed by atoms with E-state index in [4.69, 9.17) is 0 Å². The van der Waals surface area contributed by atoms with E-state index in [9.17, 15) is 14.7 Å². The Morgan fingerprint density at radius 2 is 1.94 bits per heavy atom. The summed E-state index contributed by atoms with van der Waals surface area (Å²) in [4.78, 5) is 25.6. The fourth-order valence-electron chi connectivity index (χ4n) is 1.95. The Kier molecular flexibility index (Phi) is 3.06. The maximum atomic E-state index is 11.9. The molecular formula is C13H14N2O3. The number of H-pyrrole nitrogens is 1. The molecule has 0 aliphatic rings. The monoisotopic (exact) mass is 246 g/mol. The molecule has 1 aromatic carbocycles. The zero-order chi connectivity index (χ0) is 13.3. The largest absolute Gasteiger partial charge is 0.494 e. The number of aromatic hydroxyl groups is 1. The lowest BCUT2D eigenvalue weighted by atomic mass is 10.0. The summed E-state index contributed by atoms with van der Waals surface area (Å²) in [5.41, 5.74) is 0.446. The number of aromatic nitrogens is 2. The third kappa shape index (κ3) is 1.84. The van der Waals surface area contributed by atoms with Crippen LogP contribution in [0, 0.1) is 6.92 Å². The SMILES string of the molecule is CCn1c(O)c(-c2ccccc2C)c(=O)[nH]c1=O. The first kappa shape index (κ1) is 12.2. The van der Waals surface area contributed by atoms with Crippen LogP contribution in [0.3, 0.4) is 0 Å². The van der Waals surface area contributed by atoms with Crippen molar-refractivity contribution in [1.29, 1.82) is 0 Å². The number of nitrogens with one attached hydrogen (secondary N) is 1. The molecule has 0 spiro atoms. The number of hydrogen-bond acceptors (Lipinski definition) is 3. The lowest BCUT2D eigenvalue weighted by Crippen LogP contribution is -2.30. The van der Waals surface area contributed by atoms with Gasteiger partial charge in [-0.2, -0.15) is 0 Å². The fourth-order valence-corrected chi connectivity index (χ4v) is 1.95. The predicted octanol–water partition coefficient (Wildman–Crippen LogP) is 1.24. The molecule has 0 saturated carbocycles. The van der Waals surface area contributed by atoms with E-state index in [0.29, 0.717) is 12.1 Å². The van der Waals surface area contributed by atoms with Crippen LogP contribution < -0.4 is 11.2 Å². The van der Waals surface area contributed by atoms with Crippen molar-refractivity contribution in [2.45, 2.75) is 20.4 Å². The third-order valence-corrected chi connectivity index (χ3v) is 2.90. The number of aromatic amines is 1. The molecule has 0 radical (unpaired) electrons. The van der Waals surface area contributed by atoms with Crippen LogP contribution in [0.1, 0.15) is 12.5 Å². The van der Waals surface area contributed by atoms with Gasteiger partial charge < -0.3 is 5.11 Å². The van der Waals surface area contributed by atoms with Crippen molar-refractivity contribution in [3.8, 4) is 17.0 Å². The molecule has 0 amide bonds. The standard InChI is InChI=1S/C13H14N2O3/c1-3-15-12(17)10(11(16)14-13(15)18)9-7-5-4-6-8(9)2/h4-7,17H,3H2,1-2H3,(H,14,16,18). The average molecular weight is 246 g/mol. The van der Waals surface area contributed by atoms with Gasteiger partial charge in [0.25, 0.3) is 5.56 Å². The predicted molar refractivity (Wildman–Crippen MR) is 68.8 cm³/mol. The Bertz CT molecular complexity index is 698. The molecule has 2 aromatic rings. The van der Waals surface area contributed by atoms with Crippen LogP contribution in [0.25, 0.3) is 11.1 Å². The Morgan fingerprint density at radius 3 is 2.56 bits per heavy atom. The van der Waals surface area contributed by atoms with Crippen molar-refractivity contribution in [1.82, 2.24) is 9.55 Å². The molecule has 5 heteroatoms. The van der Waals surface area contributed by atoms with Crippen LogP contribution in [0.15, 0.2) is 33.9 Å². The number of nitrogens with zero attached hydrogens (tertiary/aromatic N) is 1. The van der Waals surface area contributed by atoms with E-state index in [1.54, 1.807) is 19.1 Å². The second-order valence-electron chi connectivity index (χ2n) is 4.02. The smallest absolute Gasteiger partial charge is 0.331 e. The highest BCUT2D eigenvalue weighted by Crippen LogP contribution is 2.26. The Hall–Kier alpha value is -2.30. The molecule has 5 nitrogen and oxygen atoms in total. The highest BCUT2D eigenvalue weighted by molar-refractivity contribution is 5.70.